The Morgan fingerprint density at radius 1 is 0.909 bits per heavy atom. The van der Waals surface area contributed by atoms with Gasteiger partial charge in [0.2, 0.25) is 5.91 Å². The summed E-state index contributed by atoms with van der Waals surface area (Å²) in [5.74, 6) is 2.70. The Morgan fingerprint density at radius 3 is 2.39 bits per heavy atom. The van der Waals surface area contributed by atoms with Crippen LogP contribution in [0.4, 0.5) is 5.82 Å². The van der Waals surface area contributed by atoms with E-state index in [1.54, 1.807) is 0 Å². The van der Waals surface area contributed by atoms with Crippen molar-refractivity contribution in [2.45, 2.75) is 39.0 Å². The van der Waals surface area contributed by atoms with E-state index in [1.807, 2.05) is 19.1 Å². The highest BCUT2D eigenvalue weighted by Crippen LogP contribution is 2.48. The second-order valence-electron chi connectivity index (χ2n) is 9.35. The Kier molecular flexibility index (Phi) is 6.12. The van der Waals surface area contributed by atoms with Crippen LogP contribution in [-0.4, -0.2) is 47.0 Å². The van der Waals surface area contributed by atoms with Gasteiger partial charge in [-0.2, -0.15) is 0 Å². The van der Waals surface area contributed by atoms with Gasteiger partial charge in [-0.1, -0.05) is 60.7 Å². The molecule has 0 spiro atoms. The normalized spacial score (nSPS) is 20.4. The van der Waals surface area contributed by atoms with Crippen molar-refractivity contribution in [3.63, 3.8) is 0 Å². The van der Waals surface area contributed by atoms with Crippen LogP contribution in [0, 0.1) is 19.8 Å². The molecule has 1 aliphatic heterocycles. The lowest BCUT2D eigenvalue weighted by molar-refractivity contribution is -0.132. The fourth-order valence-corrected chi connectivity index (χ4v) is 5.11. The number of hydrogen-bond acceptors (Lipinski definition) is 4. The topological polar surface area (TPSA) is 49.3 Å². The van der Waals surface area contributed by atoms with Crippen molar-refractivity contribution in [3.8, 4) is 0 Å². The highest BCUT2D eigenvalue weighted by molar-refractivity contribution is 5.83. The number of rotatable bonds is 5. The maximum Gasteiger partial charge on any atom is 0.226 e. The van der Waals surface area contributed by atoms with Crippen LogP contribution in [0.15, 0.2) is 60.7 Å². The zero-order chi connectivity index (χ0) is 22.8. The molecule has 1 saturated carbocycles. The van der Waals surface area contributed by atoms with Crippen molar-refractivity contribution < 1.29 is 4.79 Å². The van der Waals surface area contributed by atoms with Gasteiger partial charge < -0.3 is 9.80 Å². The van der Waals surface area contributed by atoms with Gasteiger partial charge in [0.1, 0.15) is 11.6 Å². The third-order valence-electron chi connectivity index (χ3n) is 6.97. The van der Waals surface area contributed by atoms with Crippen LogP contribution in [-0.2, 0) is 11.2 Å². The van der Waals surface area contributed by atoms with Crippen molar-refractivity contribution >= 4 is 11.7 Å². The first-order valence-corrected chi connectivity index (χ1v) is 12.1. The first kappa shape index (κ1) is 21.6. The van der Waals surface area contributed by atoms with Gasteiger partial charge in [0.25, 0.3) is 0 Å². The van der Waals surface area contributed by atoms with Crippen molar-refractivity contribution in [2.24, 2.45) is 5.92 Å². The smallest absolute Gasteiger partial charge is 0.226 e. The standard InChI is InChI=1S/C28H32N4O/c1-20-24(18-22-10-5-3-6-11-22)27(30-21(2)29-20)31-14-9-15-32(17-16-31)28(33)26-19-25(26)23-12-7-4-8-13-23/h3-8,10-13,25-26H,9,14-19H2,1-2H3. The lowest BCUT2D eigenvalue weighted by atomic mass is 10.0. The number of nitrogens with zero attached hydrogens (tertiary/aromatic N) is 4. The zero-order valence-corrected chi connectivity index (χ0v) is 19.6. The van der Waals surface area contributed by atoms with E-state index < -0.39 is 0 Å². The zero-order valence-electron chi connectivity index (χ0n) is 19.6. The summed E-state index contributed by atoms with van der Waals surface area (Å²) in [6, 6.07) is 21.0. The Bertz CT molecular complexity index is 1120. The summed E-state index contributed by atoms with van der Waals surface area (Å²) in [6.07, 6.45) is 2.76. The van der Waals surface area contributed by atoms with Crippen molar-refractivity contribution in [2.75, 3.05) is 31.1 Å². The minimum atomic E-state index is 0.149. The van der Waals surface area contributed by atoms with Crippen LogP contribution in [0.3, 0.4) is 0 Å². The molecule has 2 aliphatic rings. The molecule has 5 heteroatoms. The highest BCUT2D eigenvalue weighted by atomic mass is 16.2. The summed E-state index contributed by atoms with van der Waals surface area (Å²) in [7, 11) is 0. The molecule has 33 heavy (non-hydrogen) atoms. The average Bonchev–Trinajstić information content (AvgIpc) is 3.65. The van der Waals surface area contributed by atoms with E-state index >= 15 is 0 Å². The van der Waals surface area contributed by atoms with Crippen LogP contribution in [0.5, 0.6) is 0 Å². The molecule has 2 heterocycles. The number of anilines is 1. The van der Waals surface area contributed by atoms with Gasteiger partial charge in [-0.3, -0.25) is 4.79 Å². The summed E-state index contributed by atoms with van der Waals surface area (Å²) >= 11 is 0. The fourth-order valence-electron chi connectivity index (χ4n) is 5.11. The number of carbonyl (C=O) groups excluding carboxylic acids is 1. The van der Waals surface area contributed by atoms with Gasteiger partial charge in [-0.25, -0.2) is 9.97 Å². The summed E-state index contributed by atoms with van der Waals surface area (Å²) in [5, 5.41) is 0. The van der Waals surface area contributed by atoms with Crippen LogP contribution < -0.4 is 4.90 Å². The van der Waals surface area contributed by atoms with E-state index in [2.05, 4.69) is 70.2 Å². The number of aromatic nitrogens is 2. The maximum absolute atomic E-state index is 13.2. The molecule has 2 fully saturated rings. The molecule has 170 valence electrons. The molecule has 1 amide bonds. The first-order valence-electron chi connectivity index (χ1n) is 12.1. The van der Waals surface area contributed by atoms with Crippen molar-refractivity contribution in [3.05, 3.63) is 88.9 Å². The molecule has 1 aliphatic carbocycles. The first-order chi connectivity index (χ1) is 16.1. The van der Waals surface area contributed by atoms with Crippen LogP contribution in [0.2, 0.25) is 0 Å². The Labute approximate surface area is 196 Å². The largest absolute Gasteiger partial charge is 0.354 e. The molecule has 2 unspecified atom stereocenters. The molecule has 2 aromatic carbocycles. The molecule has 5 rings (SSSR count). The van der Waals surface area contributed by atoms with Crippen LogP contribution in [0.25, 0.3) is 0 Å². The van der Waals surface area contributed by atoms with E-state index in [9.17, 15) is 4.79 Å². The number of amides is 1. The molecular weight excluding hydrogens is 408 g/mol. The molecular formula is C28H32N4O. The molecule has 0 bridgehead atoms. The summed E-state index contributed by atoms with van der Waals surface area (Å²) in [4.78, 5) is 27.2. The van der Waals surface area contributed by atoms with E-state index in [4.69, 9.17) is 4.98 Å². The van der Waals surface area contributed by atoms with E-state index in [0.717, 1.165) is 62.8 Å². The third kappa shape index (κ3) is 4.77. The lowest BCUT2D eigenvalue weighted by Gasteiger charge is -2.26. The molecule has 1 saturated heterocycles. The minimum Gasteiger partial charge on any atom is -0.354 e. The Hall–Kier alpha value is -3.21. The van der Waals surface area contributed by atoms with E-state index in [1.165, 1.54) is 16.7 Å². The van der Waals surface area contributed by atoms with Gasteiger partial charge in [0.05, 0.1) is 0 Å². The van der Waals surface area contributed by atoms with Gasteiger partial charge in [0, 0.05) is 49.8 Å². The van der Waals surface area contributed by atoms with E-state index in [0.29, 0.717) is 11.8 Å². The van der Waals surface area contributed by atoms with Gasteiger partial charge in [-0.05, 0) is 43.7 Å². The molecule has 1 aromatic heterocycles. The summed E-state index contributed by atoms with van der Waals surface area (Å²) in [5.41, 5.74) is 4.80. The molecule has 2 atom stereocenters. The van der Waals surface area contributed by atoms with Crippen LogP contribution >= 0.6 is 0 Å². The second kappa shape index (κ2) is 9.34. The molecule has 0 N–H and O–H groups in total. The van der Waals surface area contributed by atoms with Crippen molar-refractivity contribution in [1.82, 2.24) is 14.9 Å². The minimum absolute atomic E-state index is 0.149. The highest BCUT2D eigenvalue weighted by Gasteiger charge is 2.45. The predicted octanol–water partition coefficient (Wildman–Crippen LogP) is 4.53. The average molecular weight is 441 g/mol. The van der Waals surface area contributed by atoms with Crippen LogP contribution in [0.1, 0.15) is 47.0 Å². The van der Waals surface area contributed by atoms with Crippen molar-refractivity contribution in [1.29, 1.82) is 0 Å². The quantitative estimate of drug-likeness (QED) is 0.585. The van der Waals surface area contributed by atoms with Gasteiger partial charge in [-0.15, -0.1) is 0 Å². The lowest BCUT2D eigenvalue weighted by Crippen LogP contribution is -2.36. The second-order valence-corrected chi connectivity index (χ2v) is 9.35. The maximum atomic E-state index is 13.2. The number of benzene rings is 2. The Balaban J connectivity index is 1.30. The SMILES string of the molecule is Cc1nc(C)c(Cc2ccccc2)c(N2CCCN(C(=O)C3CC3c3ccccc3)CC2)n1. The monoisotopic (exact) mass is 440 g/mol. The third-order valence-corrected chi connectivity index (χ3v) is 6.97. The fraction of sp³-hybridized carbons (Fsp3) is 0.393. The molecule has 5 nitrogen and oxygen atoms in total. The Morgan fingerprint density at radius 2 is 1.64 bits per heavy atom. The number of carbonyl (C=O) groups is 1. The van der Waals surface area contributed by atoms with Gasteiger partial charge >= 0.3 is 0 Å². The molecule has 3 aromatic rings. The molecule has 0 radical (unpaired) electrons. The summed E-state index contributed by atoms with van der Waals surface area (Å²) < 4.78 is 0. The summed E-state index contributed by atoms with van der Waals surface area (Å²) in [6.45, 7) is 7.35. The van der Waals surface area contributed by atoms with Gasteiger partial charge in [0.15, 0.2) is 0 Å². The predicted molar refractivity (Wildman–Crippen MR) is 131 cm³/mol. The number of hydrogen-bond donors (Lipinski definition) is 0. The van der Waals surface area contributed by atoms with E-state index in [-0.39, 0.29) is 5.92 Å². The number of aryl methyl sites for hydroxylation is 2.